The monoisotopic (exact) mass is 278 g/mol. The van der Waals surface area contributed by atoms with Crippen LogP contribution in [0.25, 0.3) is 0 Å². The van der Waals surface area contributed by atoms with Gasteiger partial charge in [-0.15, -0.1) is 11.3 Å². The zero-order chi connectivity index (χ0) is 13.2. The Morgan fingerprint density at radius 1 is 1.58 bits per heavy atom. The predicted octanol–water partition coefficient (Wildman–Crippen LogP) is 1.39. The summed E-state index contributed by atoms with van der Waals surface area (Å²) in [5.41, 5.74) is 3.13. The Balaban J connectivity index is 1.87. The van der Waals surface area contributed by atoms with Gasteiger partial charge in [-0.25, -0.2) is 9.97 Å². The van der Waals surface area contributed by atoms with Gasteiger partial charge >= 0.3 is 0 Å². The van der Waals surface area contributed by atoms with Crippen LogP contribution < -0.4 is 0 Å². The van der Waals surface area contributed by atoms with Gasteiger partial charge in [-0.1, -0.05) is 0 Å². The molecule has 1 aliphatic rings. The number of imidazole rings is 1. The van der Waals surface area contributed by atoms with Gasteiger partial charge in [-0.05, 0) is 6.92 Å². The molecule has 6 nitrogen and oxygen atoms in total. The van der Waals surface area contributed by atoms with E-state index in [9.17, 15) is 4.79 Å². The predicted molar refractivity (Wildman–Crippen MR) is 70.0 cm³/mol. The third-order valence-corrected chi connectivity index (χ3v) is 3.67. The summed E-state index contributed by atoms with van der Waals surface area (Å²) in [6.45, 7) is 3.50. The molecule has 1 saturated heterocycles. The summed E-state index contributed by atoms with van der Waals surface area (Å²) in [5.74, 6) is 0.699. The normalized spacial score (nSPS) is 19.6. The van der Waals surface area contributed by atoms with Crippen molar-refractivity contribution in [2.24, 2.45) is 0 Å². The minimum atomic E-state index is -0.170. The number of thiazole rings is 1. The second-order valence-electron chi connectivity index (χ2n) is 4.41. The van der Waals surface area contributed by atoms with Crippen molar-refractivity contribution in [2.45, 2.75) is 13.0 Å². The number of aryl methyl sites for hydroxylation is 1. The number of morpholine rings is 1. The van der Waals surface area contributed by atoms with Crippen LogP contribution in [0.1, 0.15) is 28.0 Å². The van der Waals surface area contributed by atoms with E-state index < -0.39 is 0 Å². The fourth-order valence-electron chi connectivity index (χ4n) is 2.14. The maximum absolute atomic E-state index is 12.4. The number of aromatic nitrogens is 3. The number of aromatic amines is 1. The number of amides is 1. The third-order valence-electron chi connectivity index (χ3n) is 3.08. The highest BCUT2D eigenvalue weighted by molar-refractivity contribution is 7.07. The van der Waals surface area contributed by atoms with Crippen LogP contribution in [0.5, 0.6) is 0 Å². The van der Waals surface area contributed by atoms with Crippen LogP contribution in [0.4, 0.5) is 0 Å². The number of carbonyl (C=O) groups is 1. The first-order valence-electron chi connectivity index (χ1n) is 6.04. The molecule has 1 aliphatic heterocycles. The molecule has 1 atom stereocenters. The molecule has 2 aromatic rings. The van der Waals surface area contributed by atoms with Crippen LogP contribution in [-0.4, -0.2) is 45.5 Å². The number of hydrogen-bond acceptors (Lipinski definition) is 5. The number of hydrogen-bond donors (Lipinski definition) is 1. The number of H-pyrrole nitrogens is 1. The molecule has 0 aromatic carbocycles. The van der Waals surface area contributed by atoms with E-state index in [0.717, 1.165) is 11.5 Å². The zero-order valence-electron chi connectivity index (χ0n) is 10.5. The molecular formula is C12H14N4O2S. The van der Waals surface area contributed by atoms with Gasteiger partial charge in [-0.2, -0.15) is 0 Å². The smallest absolute Gasteiger partial charge is 0.274 e. The lowest BCUT2D eigenvalue weighted by Crippen LogP contribution is -2.44. The van der Waals surface area contributed by atoms with Gasteiger partial charge in [0.05, 0.1) is 18.7 Å². The molecule has 1 N–H and O–H groups in total. The van der Waals surface area contributed by atoms with E-state index in [1.807, 2.05) is 6.92 Å². The largest absolute Gasteiger partial charge is 0.377 e. The second-order valence-corrected chi connectivity index (χ2v) is 5.13. The van der Waals surface area contributed by atoms with E-state index in [2.05, 4.69) is 15.0 Å². The van der Waals surface area contributed by atoms with Crippen LogP contribution in [-0.2, 0) is 4.74 Å². The summed E-state index contributed by atoms with van der Waals surface area (Å²) < 4.78 is 5.47. The van der Waals surface area contributed by atoms with Crippen molar-refractivity contribution in [3.05, 3.63) is 34.3 Å². The van der Waals surface area contributed by atoms with Gasteiger partial charge < -0.3 is 14.6 Å². The minimum absolute atomic E-state index is 0.0661. The quantitative estimate of drug-likeness (QED) is 0.901. The standard InChI is InChI=1S/C12H14N4O2S/c1-8-4-13-11(15-8)10-5-18-3-2-16(10)12(17)9-6-19-7-14-9/h4,6-7,10H,2-3,5H2,1H3,(H,13,15)/t10-/m0/s1. The fraction of sp³-hybridized carbons (Fsp3) is 0.417. The molecule has 0 bridgehead atoms. The third kappa shape index (κ3) is 2.39. The molecule has 7 heteroatoms. The summed E-state index contributed by atoms with van der Waals surface area (Å²) in [6.07, 6.45) is 1.76. The molecule has 3 rings (SSSR count). The average Bonchev–Trinajstić information content (AvgIpc) is 3.09. The number of carbonyl (C=O) groups excluding carboxylic acids is 1. The second kappa shape index (κ2) is 5.10. The SMILES string of the molecule is Cc1cnc([C@@H]2COCCN2C(=O)c2cscn2)[nH]1. The van der Waals surface area contributed by atoms with Crippen molar-refractivity contribution in [1.82, 2.24) is 19.9 Å². The molecule has 0 aliphatic carbocycles. The van der Waals surface area contributed by atoms with Gasteiger partial charge in [0.2, 0.25) is 0 Å². The van der Waals surface area contributed by atoms with E-state index in [1.165, 1.54) is 11.3 Å². The van der Waals surface area contributed by atoms with E-state index in [4.69, 9.17) is 4.74 Å². The lowest BCUT2D eigenvalue weighted by atomic mass is 10.2. The highest BCUT2D eigenvalue weighted by Crippen LogP contribution is 2.23. The van der Waals surface area contributed by atoms with Crippen molar-refractivity contribution in [1.29, 1.82) is 0 Å². The Labute approximate surface area is 114 Å². The molecular weight excluding hydrogens is 264 g/mol. The maximum atomic E-state index is 12.4. The maximum Gasteiger partial charge on any atom is 0.274 e. The van der Waals surface area contributed by atoms with Crippen molar-refractivity contribution in [3.63, 3.8) is 0 Å². The lowest BCUT2D eigenvalue weighted by molar-refractivity contribution is -0.00527. The highest BCUT2D eigenvalue weighted by Gasteiger charge is 2.31. The molecule has 1 amide bonds. The van der Waals surface area contributed by atoms with Crippen LogP contribution >= 0.6 is 11.3 Å². The first-order chi connectivity index (χ1) is 9.25. The first kappa shape index (κ1) is 12.3. The number of rotatable bonds is 2. The number of nitrogens with zero attached hydrogens (tertiary/aromatic N) is 3. The van der Waals surface area contributed by atoms with Crippen LogP contribution in [0.2, 0.25) is 0 Å². The number of ether oxygens (including phenoxy) is 1. The minimum Gasteiger partial charge on any atom is -0.377 e. The van der Waals surface area contributed by atoms with Crippen molar-refractivity contribution < 1.29 is 9.53 Å². The summed E-state index contributed by atoms with van der Waals surface area (Å²) in [5, 5.41) is 1.77. The van der Waals surface area contributed by atoms with Crippen molar-refractivity contribution >= 4 is 17.2 Å². The molecule has 1 fully saturated rings. The van der Waals surface area contributed by atoms with Crippen LogP contribution in [0.15, 0.2) is 17.1 Å². The van der Waals surface area contributed by atoms with E-state index in [0.29, 0.717) is 25.5 Å². The van der Waals surface area contributed by atoms with Gasteiger partial charge in [-0.3, -0.25) is 4.79 Å². The van der Waals surface area contributed by atoms with Gasteiger partial charge in [0.1, 0.15) is 17.6 Å². The average molecular weight is 278 g/mol. The molecule has 3 heterocycles. The van der Waals surface area contributed by atoms with Crippen molar-refractivity contribution in [3.8, 4) is 0 Å². The van der Waals surface area contributed by atoms with Gasteiger partial charge in [0.25, 0.3) is 5.91 Å². The molecule has 0 radical (unpaired) electrons. The molecule has 2 aromatic heterocycles. The number of nitrogens with one attached hydrogen (secondary N) is 1. The Kier molecular flexibility index (Phi) is 3.31. The zero-order valence-corrected chi connectivity index (χ0v) is 11.3. The Morgan fingerprint density at radius 3 is 3.16 bits per heavy atom. The Morgan fingerprint density at radius 2 is 2.47 bits per heavy atom. The Bertz CT molecular complexity index is 566. The summed E-state index contributed by atoms with van der Waals surface area (Å²) in [4.78, 5) is 25.8. The molecule has 0 spiro atoms. The lowest BCUT2D eigenvalue weighted by Gasteiger charge is -2.33. The molecule has 0 saturated carbocycles. The van der Waals surface area contributed by atoms with E-state index >= 15 is 0 Å². The molecule has 100 valence electrons. The summed E-state index contributed by atoms with van der Waals surface area (Å²) in [6, 6.07) is -0.170. The van der Waals surface area contributed by atoms with Gasteiger partial charge in [0, 0.05) is 23.8 Å². The van der Waals surface area contributed by atoms with E-state index in [1.54, 1.807) is 22.0 Å². The molecule has 0 unspecified atom stereocenters. The van der Waals surface area contributed by atoms with Gasteiger partial charge in [0.15, 0.2) is 0 Å². The van der Waals surface area contributed by atoms with Crippen LogP contribution in [0, 0.1) is 6.92 Å². The summed E-state index contributed by atoms with van der Waals surface area (Å²) in [7, 11) is 0. The van der Waals surface area contributed by atoms with Crippen LogP contribution in [0.3, 0.4) is 0 Å². The highest BCUT2D eigenvalue weighted by atomic mass is 32.1. The topological polar surface area (TPSA) is 71.1 Å². The Hall–Kier alpha value is -1.73. The molecule has 19 heavy (non-hydrogen) atoms. The van der Waals surface area contributed by atoms with Crippen molar-refractivity contribution in [2.75, 3.05) is 19.8 Å². The fourth-order valence-corrected chi connectivity index (χ4v) is 2.67. The first-order valence-corrected chi connectivity index (χ1v) is 6.98. The van der Waals surface area contributed by atoms with E-state index in [-0.39, 0.29) is 11.9 Å². The summed E-state index contributed by atoms with van der Waals surface area (Å²) >= 11 is 1.42.